The van der Waals surface area contributed by atoms with Crippen molar-refractivity contribution in [1.29, 1.82) is 0 Å². The van der Waals surface area contributed by atoms with Gasteiger partial charge in [0.2, 0.25) is 0 Å². The smallest absolute Gasteiger partial charge is 0.321 e. The molecule has 3 rings (SSSR count). The van der Waals surface area contributed by atoms with Gasteiger partial charge < -0.3 is 25.3 Å². The summed E-state index contributed by atoms with van der Waals surface area (Å²) < 4.78 is 0. The number of anilines is 2. The van der Waals surface area contributed by atoms with Crippen molar-refractivity contribution < 1.29 is 15.0 Å². The molecule has 6 nitrogen and oxygen atoms in total. The zero-order valence-corrected chi connectivity index (χ0v) is 14.5. The summed E-state index contributed by atoms with van der Waals surface area (Å²) in [4.78, 5) is 16.4. The monoisotopic (exact) mass is 341 g/mol. The van der Waals surface area contributed by atoms with Crippen LogP contribution in [-0.4, -0.2) is 47.3 Å². The second-order valence-electron chi connectivity index (χ2n) is 6.36. The molecule has 0 atom stereocenters. The van der Waals surface area contributed by atoms with Gasteiger partial charge >= 0.3 is 6.03 Å². The van der Waals surface area contributed by atoms with Gasteiger partial charge in [-0.15, -0.1) is 0 Å². The van der Waals surface area contributed by atoms with Gasteiger partial charge in [0, 0.05) is 55.8 Å². The highest BCUT2D eigenvalue weighted by Crippen LogP contribution is 2.25. The highest BCUT2D eigenvalue weighted by molar-refractivity contribution is 5.90. The Balaban J connectivity index is 1.62. The van der Waals surface area contributed by atoms with E-state index in [0.29, 0.717) is 18.8 Å². The largest absolute Gasteiger partial charge is 0.508 e. The zero-order valence-electron chi connectivity index (χ0n) is 14.5. The Morgan fingerprint density at radius 1 is 1.00 bits per heavy atom. The SMILES string of the molecule is Cc1cccc(N2CCN(C(=O)Nc3cc(O)cc(O)c3)CC2)c1C. The third kappa shape index (κ3) is 3.79. The number of phenolic OH excluding ortho intramolecular Hbond substituents is 2. The first-order valence-electron chi connectivity index (χ1n) is 8.34. The molecule has 1 aliphatic rings. The number of amides is 2. The Labute approximate surface area is 147 Å². The molecule has 0 radical (unpaired) electrons. The molecule has 1 aliphatic heterocycles. The molecule has 0 aromatic heterocycles. The second-order valence-corrected chi connectivity index (χ2v) is 6.36. The van der Waals surface area contributed by atoms with Crippen LogP contribution in [0.4, 0.5) is 16.2 Å². The lowest BCUT2D eigenvalue weighted by Gasteiger charge is -2.37. The van der Waals surface area contributed by atoms with Crippen LogP contribution in [0.1, 0.15) is 11.1 Å². The van der Waals surface area contributed by atoms with Crippen molar-refractivity contribution in [1.82, 2.24) is 4.90 Å². The van der Waals surface area contributed by atoms with Crippen LogP contribution in [0.2, 0.25) is 0 Å². The standard InChI is InChI=1S/C19H23N3O3/c1-13-4-3-5-18(14(13)2)21-6-8-22(9-7-21)19(25)20-15-10-16(23)12-17(24)11-15/h3-5,10-12,23-24H,6-9H2,1-2H3,(H,20,25). The lowest BCUT2D eigenvalue weighted by Crippen LogP contribution is -2.50. The van der Waals surface area contributed by atoms with Crippen LogP contribution in [0, 0.1) is 13.8 Å². The van der Waals surface area contributed by atoms with Gasteiger partial charge in [0.15, 0.2) is 0 Å². The molecule has 0 spiro atoms. The summed E-state index contributed by atoms with van der Waals surface area (Å²) in [6.07, 6.45) is 0. The van der Waals surface area contributed by atoms with Gasteiger partial charge in [-0.25, -0.2) is 4.79 Å². The summed E-state index contributed by atoms with van der Waals surface area (Å²) in [7, 11) is 0. The van der Waals surface area contributed by atoms with Gasteiger partial charge in [-0.3, -0.25) is 0 Å². The lowest BCUT2D eigenvalue weighted by molar-refractivity contribution is 0.208. The number of hydrogen-bond donors (Lipinski definition) is 3. The van der Waals surface area contributed by atoms with Crippen LogP contribution in [0.15, 0.2) is 36.4 Å². The Morgan fingerprint density at radius 2 is 1.64 bits per heavy atom. The summed E-state index contributed by atoms with van der Waals surface area (Å²) in [6.45, 7) is 6.99. The average molecular weight is 341 g/mol. The van der Waals surface area contributed by atoms with E-state index in [-0.39, 0.29) is 17.5 Å². The van der Waals surface area contributed by atoms with Crippen molar-refractivity contribution in [2.45, 2.75) is 13.8 Å². The number of aryl methyl sites for hydroxylation is 1. The number of phenols is 2. The number of aromatic hydroxyl groups is 2. The van der Waals surface area contributed by atoms with E-state index >= 15 is 0 Å². The van der Waals surface area contributed by atoms with E-state index < -0.39 is 0 Å². The van der Waals surface area contributed by atoms with Gasteiger partial charge in [0.25, 0.3) is 0 Å². The Kier molecular flexibility index (Phi) is 4.70. The van der Waals surface area contributed by atoms with Crippen LogP contribution in [0.3, 0.4) is 0 Å². The molecule has 2 aromatic rings. The maximum absolute atomic E-state index is 12.4. The Hall–Kier alpha value is -2.89. The topological polar surface area (TPSA) is 76.0 Å². The summed E-state index contributed by atoms with van der Waals surface area (Å²) in [6, 6.07) is 10.1. The molecule has 2 amide bonds. The predicted octanol–water partition coefficient (Wildman–Crippen LogP) is 3.07. The quantitative estimate of drug-likeness (QED) is 0.785. The highest BCUT2D eigenvalue weighted by Gasteiger charge is 2.22. The van der Waals surface area contributed by atoms with Gasteiger partial charge in [0.05, 0.1) is 0 Å². The van der Waals surface area contributed by atoms with E-state index in [2.05, 4.69) is 42.3 Å². The molecule has 0 bridgehead atoms. The fraction of sp³-hybridized carbons (Fsp3) is 0.316. The van der Waals surface area contributed by atoms with Crippen molar-refractivity contribution in [3.05, 3.63) is 47.5 Å². The molecular weight excluding hydrogens is 318 g/mol. The highest BCUT2D eigenvalue weighted by atomic mass is 16.3. The normalized spacial score (nSPS) is 14.5. The van der Waals surface area contributed by atoms with Crippen molar-refractivity contribution >= 4 is 17.4 Å². The molecule has 2 aromatic carbocycles. The molecule has 1 heterocycles. The molecular formula is C19H23N3O3. The Bertz CT molecular complexity index is 763. The van der Waals surface area contributed by atoms with Crippen molar-refractivity contribution in [2.75, 3.05) is 36.4 Å². The van der Waals surface area contributed by atoms with Gasteiger partial charge in [-0.1, -0.05) is 12.1 Å². The van der Waals surface area contributed by atoms with Gasteiger partial charge in [-0.05, 0) is 31.0 Å². The number of rotatable bonds is 2. The molecule has 1 fully saturated rings. The summed E-state index contributed by atoms with van der Waals surface area (Å²) in [5.74, 6) is -0.176. The lowest BCUT2D eigenvalue weighted by atomic mass is 10.1. The van der Waals surface area contributed by atoms with Crippen molar-refractivity contribution in [2.24, 2.45) is 0 Å². The first kappa shape index (κ1) is 17.0. The zero-order chi connectivity index (χ0) is 18.0. The molecule has 3 N–H and O–H groups in total. The summed E-state index contributed by atoms with van der Waals surface area (Å²) in [5.41, 5.74) is 4.13. The number of carbonyl (C=O) groups excluding carboxylic acids is 1. The van der Waals surface area contributed by atoms with Crippen LogP contribution >= 0.6 is 0 Å². The molecule has 25 heavy (non-hydrogen) atoms. The number of urea groups is 1. The van der Waals surface area contributed by atoms with Gasteiger partial charge in [0.1, 0.15) is 11.5 Å². The van der Waals surface area contributed by atoms with Crippen molar-refractivity contribution in [3.8, 4) is 11.5 Å². The fourth-order valence-electron chi connectivity index (χ4n) is 3.10. The van der Waals surface area contributed by atoms with Crippen LogP contribution in [0.5, 0.6) is 11.5 Å². The van der Waals surface area contributed by atoms with E-state index in [1.54, 1.807) is 4.90 Å². The number of nitrogens with zero attached hydrogens (tertiary/aromatic N) is 2. The van der Waals surface area contributed by atoms with Crippen LogP contribution in [0.25, 0.3) is 0 Å². The maximum atomic E-state index is 12.4. The molecule has 6 heteroatoms. The molecule has 0 unspecified atom stereocenters. The van der Waals surface area contributed by atoms with Crippen LogP contribution < -0.4 is 10.2 Å². The number of benzene rings is 2. The number of nitrogens with one attached hydrogen (secondary N) is 1. The number of hydrogen-bond acceptors (Lipinski definition) is 4. The van der Waals surface area contributed by atoms with Gasteiger partial charge in [-0.2, -0.15) is 0 Å². The summed E-state index contributed by atoms with van der Waals surface area (Å²) in [5, 5.41) is 21.7. The number of carbonyl (C=O) groups is 1. The number of piperazine rings is 1. The van der Waals surface area contributed by atoms with Crippen LogP contribution in [-0.2, 0) is 0 Å². The van der Waals surface area contributed by atoms with E-state index in [9.17, 15) is 15.0 Å². The Morgan fingerprint density at radius 3 is 2.28 bits per heavy atom. The first-order valence-corrected chi connectivity index (χ1v) is 8.34. The van der Waals surface area contributed by atoms with E-state index in [1.807, 2.05) is 0 Å². The molecule has 0 aliphatic carbocycles. The van der Waals surface area contributed by atoms with E-state index in [0.717, 1.165) is 13.1 Å². The average Bonchev–Trinajstić information content (AvgIpc) is 2.56. The third-order valence-electron chi connectivity index (χ3n) is 4.64. The fourth-order valence-corrected chi connectivity index (χ4v) is 3.10. The predicted molar refractivity (Wildman–Crippen MR) is 98.5 cm³/mol. The molecule has 0 saturated carbocycles. The maximum Gasteiger partial charge on any atom is 0.321 e. The minimum absolute atomic E-state index is 0.0879. The minimum atomic E-state index is -0.231. The van der Waals surface area contributed by atoms with Crippen molar-refractivity contribution in [3.63, 3.8) is 0 Å². The van der Waals surface area contributed by atoms with E-state index in [1.165, 1.54) is 35.0 Å². The first-order chi connectivity index (χ1) is 11.9. The summed E-state index contributed by atoms with van der Waals surface area (Å²) >= 11 is 0. The molecule has 132 valence electrons. The second kappa shape index (κ2) is 6.93. The van der Waals surface area contributed by atoms with E-state index in [4.69, 9.17) is 0 Å². The minimum Gasteiger partial charge on any atom is -0.508 e. The molecule has 1 saturated heterocycles. The third-order valence-corrected chi connectivity index (χ3v) is 4.64.